The summed E-state index contributed by atoms with van der Waals surface area (Å²) in [5.41, 5.74) is 11.8. The summed E-state index contributed by atoms with van der Waals surface area (Å²) in [7, 11) is 0. The lowest BCUT2D eigenvalue weighted by Gasteiger charge is -2.08. The molecule has 0 amide bonds. The smallest absolute Gasteiger partial charge is 0.0950 e. The Balaban J connectivity index is 0.000000487. The molecular weight excluding hydrogens is 294 g/mol. The van der Waals surface area contributed by atoms with Crippen molar-refractivity contribution in [1.29, 1.82) is 0 Å². The van der Waals surface area contributed by atoms with Crippen molar-refractivity contribution in [2.24, 2.45) is 0 Å². The zero-order valence-electron chi connectivity index (χ0n) is 14.8. The quantitative estimate of drug-likeness (QED) is 0.451. The van der Waals surface area contributed by atoms with Gasteiger partial charge in [0, 0.05) is 17.4 Å². The number of hydrogen-bond donors (Lipinski definition) is 1. The van der Waals surface area contributed by atoms with Gasteiger partial charge >= 0.3 is 0 Å². The highest BCUT2D eigenvalue weighted by atomic mass is 14.9. The van der Waals surface area contributed by atoms with Gasteiger partial charge in [0.25, 0.3) is 0 Å². The van der Waals surface area contributed by atoms with Gasteiger partial charge in [0.2, 0.25) is 0 Å². The van der Waals surface area contributed by atoms with Crippen LogP contribution < -0.4 is 5.73 Å². The van der Waals surface area contributed by atoms with Crippen molar-refractivity contribution < 1.29 is 0 Å². The lowest BCUT2D eigenvalue weighted by molar-refractivity contribution is 1.23. The highest BCUT2D eigenvalue weighted by Crippen LogP contribution is 2.27. The fraction of sp³-hybridized carbons (Fsp3) is 0.190. The maximum absolute atomic E-state index is 5.76. The van der Waals surface area contributed by atoms with E-state index in [0.717, 1.165) is 33.5 Å². The topological polar surface area (TPSA) is 43.3 Å². The van der Waals surface area contributed by atoms with Gasteiger partial charge in [-0.1, -0.05) is 52.0 Å². The molecule has 0 aliphatic rings. The molecule has 124 valence electrons. The second-order valence-electron chi connectivity index (χ2n) is 4.83. The van der Waals surface area contributed by atoms with Crippen LogP contribution in [0.2, 0.25) is 0 Å². The van der Waals surface area contributed by atoms with E-state index in [9.17, 15) is 0 Å². The zero-order chi connectivity index (χ0) is 17.5. The number of anilines is 1. The maximum Gasteiger partial charge on any atom is 0.0950 e. The SMILES string of the molecule is CC.CC.Nc1ccc(-c2nc3ccccc3n3cccc23)cc1. The van der Waals surface area contributed by atoms with Crippen molar-refractivity contribution in [1.82, 2.24) is 9.38 Å². The summed E-state index contributed by atoms with van der Waals surface area (Å²) in [4.78, 5) is 4.81. The second kappa shape index (κ2) is 8.16. The minimum absolute atomic E-state index is 0.765. The molecule has 0 unspecified atom stereocenters. The molecular formula is C21H25N3. The molecule has 0 saturated heterocycles. The monoisotopic (exact) mass is 319 g/mol. The van der Waals surface area contributed by atoms with Crippen molar-refractivity contribution in [3.8, 4) is 11.3 Å². The largest absolute Gasteiger partial charge is 0.399 e. The van der Waals surface area contributed by atoms with E-state index in [-0.39, 0.29) is 0 Å². The van der Waals surface area contributed by atoms with Gasteiger partial charge in [0.1, 0.15) is 0 Å². The van der Waals surface area contributed by atoms with Crippen LogP contribution in [0.25, 0.3) is 27.8 Å². The van der Waals surface area contributed by atoms with Crippen LogP contribution in [0.5, 0.6) is 0 Å². The number of benzene rings is 2. The van der Waals surface area contributed by atoms with Crippen LogP contribution in [-0.2, 0) is 0 Å². The van der Waals surface area contributed by atoms with E-state index >= 15 is 0 Å². The molecule has 0 bridgehead atoms. The summed E-state index contributed by atoms with van der Waals surface area (Å²) in [6.45, 7) is 8.00. The Bertz CT molecular complexity index is 905. The molecule has 2 aromatic heterocycles. The highest BCUT2D eigenvalue weighted by molar-refractivity contribution is 5.87. The molecule has 0 spiro atoms. The first kappa shape index (κ1) is 17.5. The summed E-state index contributed by atoms with van der Waals surface area (Å²) in [6.07, 6.45) is 2.07. The molecule has 4 rings (SSSR count). The first-order valence-electron chi connectivity index (χ1n) is 8.55. The van der Waals surface area contributed by atoms with Gasteiger partial charge in [0.05, 0.1) is 22.2 Å². The van der Waals surface area contributed by atoms with Gasteiger partial charge in [0.15, 0.2) is 0 Å². The third-order valence-electron chi connectivity index (χ3n) is 3.55. The Hall–Kier alpha value is -2.81. The standard InChI is InChI=1S/C17H13N3.2C2H6/c18-13-9-7-12(8-10-13)17-16-6-3-11-20(16)15-5-2-1-4-14(15)19-17;2*1-2/h1-11H,18H2;2*1-2H3. The molecule has 4 aromatic rings. The average Bonchev–Trinajstić information content (AvgIpc) is 3.15. The fourth-order valence-electron chi connectivity index (χ4n) is 2.58. The molecule has 0 aliphatic heterocycles. The minimum Gasteiger partial charge on any atom is -0.399 e. The van der Waals surface area contributed by atoms with Gasteiger partial charge in [-0.25, -0.2) is 4.98 Å². The van der Waals surface area contributed by atoms with E-state index in [4.69, 9.17) is 10.7 Å². The Morgan fingerprint density at radius 1 is 0.750 bits per heavy atom. The lowest BCUT2D eigenvalue weighted by atomic mass is 10.1. The third kappa shape index (κ3) is 3.25. The minimum atomic E-state index is 0.765. The highest BCUT2D eigenvalue weighted by Gasteiger charge is 2.09. The van der Waals surface area contributed by atoms with Gasteiger partial charge in [-0.3, -0.25) is 0 Å². The van der Waals surface area contributed by atoms with Crippen LogP contribution in [0.4, 0.5) is 5.69 Å². The van der Waals surface area contributed by atoms with E-state index in [1.54, 1.807) is 0 Å². The van der Waals surface area contributed by atoms with Gasteiger partial charge in [-0.2, -0.15) is 0 Å². The van der Waals surface area contributed by atoms with Crippen molar-refractivity contribution in [2.45, 2.75) is 27.7 Å². The predicted molar refractivity (Wildman–Crippen MR) is 105 cm³/mol. The van der Waals surface area contributed by atoms with E-state index in [2.05, 4.69) is 22.7 Å². The lowest BCUT2D eigenvalue weighted by Crippen LogP contribution is -1.94. The van der Waals surface area contributed by atoms with Gasteiger partial charge < -0.3 is 10.1 Å². The molecule has 0 radical (unpaired) electrons. The van der Waals surface area contributed by atoms with Crippen molar-refractivity contribution in [3.63, 3.8) is 0 Å². The number of nitrogen functional groups attached to an aromatic ring is 1. The van der Waals surface area contributed by atoms with Crippen LogP contribution in [0.1, 0.15) is 27.7 Å². The normalized spacial score (nSPS) is 9.83. The molecule has 3 heteroatoms. The molecule has 0 atom stereocenters. The van der Waals surface area contributed by atoms with Gasteiger partial charge in [-0.05, 0) is 36.4 Å². The number of nitrogens with zero attached hydrogens (tertiary/aromatic N) is 2. The first-order chi connectivity index (χ1) is 11.8. The summed E-state index contributed by atoms with van der Waals surface area (Å²) in [6, 6.07) is 20.1. The average molecular weight is 319 g/mol. The number of fused-ring (bicyclic) bond motifs is 3. The molecule has 2 N–H and O–H groups in total. The van der Waals surface area contributed by atoms with E-state index in [1.165, 1.54) is 0 Å². The third-order valence-corrected chi connectivity index (χ3v) is 3.55. The van der Waals surface area contributed by atoms with Crippen LogP contribution in [0, 0.1) is 0 Å². The molecule has 3 nitrogen and oxygen atoms in total. The number of aromatic nitrogens is 2. The molecule has 0 saturated carbocycles. The molecule has 0 fully saturated rings. The molecule has 0 aliphatic carbocycles. The van der Waals surface area contributed by atoms with E-state index in [0.29, 0.717) is 0 Å². The molecule has 2 aromatic carbocycles. The summed E-state index contributed by atoms with van der Waals surface area (Å²) >= 11 is 0. The van der Waals surface area contributed by atoms with Crippen molar-refractivity contribution in [2.75, 3.05) is 5.73 Å². The Morgan fingerprint density at radius 2 is 1.38 bits per heavy atom. The number of hydrogen-bond acceptors (Lipinski definition) is 2. The number of rotatable bonds is 1. The Kier molecular flexibility index (Phi) is 5.96. The summed E-state index contributed by atoms with van der Waals surface area (Å²) in [5, 5.41) is 0. The summed E-state index contributed by atoms with van der Waals surface area (Å²) in [5.74, 6) is 0. The second-order valence-corrected chi connectivity index (χ2v) is 4.83. The first-order valence-corrected chi connectivity index (χ1v) is 8.55. The zero-order valence-corrected chi connectivity index (χ0v) is 14.8. The van der Waals surface area contributed by atoms with Crippen LogP contribution in [0.3, 0.4) is 0 Å². The number of nitrogens with two attached hydrogens (primary N) is 1. The predicted octanol–water partition coefficient (Wildman–Crippen LogP) is 5.79. The van der Waals surface area contributed by atoms with Crippen LogP contribution >= 0.6 is 0 Å². The van der Waals surface area contributed by atoms with Crippen molar-refractivity contribution in [3.05, 3.63) is 66.9 Å². The maximum atomic E-state index is 5.76. The van der Waals surface area contributed by atoms with Crippen LogP contribution in [0.15, 0.2) is 66.9 Å². The van der Waals surface area contributed by atoms with E-state index < -0.39 is 0 Å². The van der Waals surface area contributed by atoms with Gasteiger partial charge in [-0.15, -0.1) is 0 Å². The Morgan fingerprint density at radius 3 is 2.08 bits per heavy atom. The molecule has 24 heavy (non-hydrogen) atoms. The van der Waals surface area contributed by atoms with Crippen LogP contribution in [-0.4, -0.2) is 9.38 Å². The molecule has 2 heterocycles. The fourth-order valence-corrected chi connectivity index (χ4v) is 2.58. The summed E-state index contributed by atoms with van der Waals surface area (Å²) < 4.78 is 2.17. The van der Waals surface area contributed by atoms with Crippen molar-refractivity contribution >= 4 is 22.2 Å². The Labute approximate surface area is 143 Å². The van der Waals surface area contributed by atoms with E-state index in [1.807, 2.05) is 76.2 Å². The number of para-hydroxylation sites is 2.